The molecule has 3 aliphatic heterocycles. The van der Waals surface area contributed by atoms with Crippen LogP contribution < -0.4 is 15.4 Å². The zero-order valence-corrected chi connectivity index (χ0v) is 14.4. The van der Waals surface area contributed by atoms with Gasteiger partial charge in [0.15, 0.2) is 12.4 Å². The topological polar surface area (TPSA) is 70.7 Å². The molecular formula is C17H22ClN3O3. The van der Waals surface area contributed by atoms with Crippen LogP contribution in [-0.4, -0.2) is 48.5 Å². The summed E-state index contributed by atoms with van der Waals surface area (Å²) in [5, 5.41) is 6.35. The van der Waals surface area contributed by atoms with Crippen LogP contribution in [0.15, 0.2) is 18.2 Å². The van der Waals surface area contributed by atoms with Gasteiger partial charge in [0, 0.05) is 25.2 Å². The summed E-state index contributed by atoms with van der Waals surface area (Å²) >= 11 is 0. The number of hydrogen-bond acceptors (Lipinski definition) is 4. The summed E-state index contributed by atoms with van der Waals surface area (Å²) in [5.74, 6) is 0.260. The van der Waals surface area contributed by atoms with Crippen LogP contribution in [0.5, 0.6) is 5.75 Å². The number of amides is 2. The second-order valence-corrected chi connectivity index (χ2v) is 6.70. The van der Waals surface area contributed by atoms with Crippen molar-refractivity contribution in [2.24, 2.45) is 0 Å². The minimum atomic E-state index is -0.189. The van der Waals surface area contributed by atoms with Crippen LogP contribution in [0.3, 0.4) is 0 Å². The second-order valence-electron chi connectivity index (χ2n) is 6.70. The Morgan fingerprint density at radius 1 is 1.25 bits per heavy atom. The van der Waals surface area contributed by atoms with Crippen molar-refractivity contribution in [1.29, 1.82) is 0 Å². The fourth-order valence-corrected chi connectivity index (χ4v) is 3.98. The summed E-state index contributed by atoms with van der Waals surface area (Å²) in [6, 6.07) is 6.64. The third-order valence-corrected chi connectivity index (χ3v) is 5.18. The lowest BCUT2D eigenvalue weighted by Crippen LogP contribution is -2.48. The van der Waals surface area contributed by atoms with E-state index in [9.17, 15) is 9.59 Å². The lowest BCUT2D eigenvalue weighted by Gasteiger charge is -2.36. The fraction of sp³-hybridized carbons (Fsp3) is 0.529. The lowest BCUT2D eigenvalue weighted by atomic mass is 9.97. The van der Waals surface area contributed by atoms with Crippen LogP contribution >= 0.6 is 12.4 Å². The van der Waals surface area contributed by atoms with Crippen LogP contribution in [0.4, 0.5) is 5.69 Å². The number of para-hydroxylation sites is 1. The van der Waals surface area contributed by atoms with Crippen molar-refractivity contribution in [3.8, 4) is 5.75 Å². The third kappa shape index (κ3) is 2.96. The van der Waals surface area contributed by atoms with Gasteiger partial charge in [0.05, 0.1) is 11.3 Å². The van der Waals surface area contributed by atoms with E-state index >= 15 is 0 Å². The number of carbonyl (C=O) groups is 2. The first-order valence-electron chi connectivity index (χ1n) is 8.20. The summed E-state index contributed by atoms with van der Waals surface area (Å²) in [7, 11) is 1.87. The monoisotopic (exact) mass is 351 g/mol. The van der Waals surface area contributed by atoms with Crippen LogP contribution in [-0.2, 0) is 4.79 Å². The Morgan fingerprint density at radius 2 is 1.96 bits per heavy atom. The molecule has 0 spiro atoms. The second kappa shape index (κ2) is 6.61. The Hall–Kier alpha value is -1.79. The Morgan fingerprint density at radius 3 is 2.67 bits per heavy atom. The fourth-order valence-electron chi connectivity index (χ4n) is 3.98. The van der Waals surface area contributed by atoms with E-state index in [1.807, 2.05) is 11.9 Å². The van der Waals surface area contributed by atoms with Crippen molar-refractivity contribution in [3.63, 3.8) is 0 Å². The number of fused-ring (bicyclic) bond motifs is 3. The molecule has 2 saturated heterocycles. The van der Waals surface area contributed by atoms with Gasteiger partial charge in [-0.25, -0.2) is 0 Å². The average molecular weight is 352 g/mol. The Balaban J connectivity index is 0.00000169. The van der Waals surface area contributed by atoms with Crippen LogP contribution in [0.1, 0.15) is 36.0 Å². The smallest absolute Gasteiger partial charge is 0.262 e. The minimum Gasteiger partial charge on any atom is -0.481 e. The van der Waals surface area contributed by atoms with Gasteiger partial charge in [-0.05, 0) is 37.8 Å². The summed E-state index contributed by atoms with van der Waals surface area (Å²) in [6.07, 6.45) is 4.43. The van der Waals surface area contributed by atoms with E-state index < -0.39 is 0 Å². The van der Waals surface area contributed by atoms with E-state index in [-0.39, 0.29) is 36.9 Å². The molecule has 0 aromatic heterocycles. The van der Waals surface area contributed by atoms with Crippen molar-refractivity contribution in [2.45, 2.75) is 43.8 Å². The first kappa shape index (κ1) is 17.0. The van der Waals surface area contributed by atoms with E-state index in [4.69, 9.17) is 4.74 Å². The van der Waals surface area contributed by atoms with Crippen molar-refractivity contribution in [2.75, 3.05) is 19.0 Å². The molecule has 1 aromatic rings. The quantitative estimate of drug-likeness (QED) is 0.852. The number of ether oxygens (including phenoxy) is 1. The Bertz CT molecular complexity index is 654. The number of benzene rings is 1. The molecule has 7 heteroatoms. The molecule has 2 atom stereocenters. The van der Waals surface area contributed by atoms with E-state index in [0.717, 1.165) is 12.8 Å². The highest BCUT2D eigenvalue weighted by Gasteiger charge is 2.37. The molecule has 0 saturated carbocycles. The van der Waals surface area contributed by atoms with Crippen molar-refractivity contribution in [1.82, 2.24) is 10.2 Å². The van der Waals surface area contributed by atoms with Gasteiger partial charge in [-0.2, -0.15) is 0 Å². The van der Waals surface area contributed by atoms with Gasteiger partial charge in [0.1, 0.15) is 0 Å². The van der Waals surface area contributed by atoms with Crippen LogP contribution in [0.25, 0.3) is 0 Å². The first-order chi connectivity index (χ1) is 11.1. The molecule has 3 heterocycles. The maximum Gasteiger partial charge on any atom is 0.262 e. The normalized spacial score (nSPS) is 27.4. The summed E-state index contributed by atoms with van der Waals surface area (Å²) < 4.78 is 5.51. The minimum absolute atomic E-state index is 0. The highest BCUT2D eigenvalue weighted by molar-refractivity contribution is 6.03. The molecule has 2 amide bonds. The van der Waals surface area contributed by atoms with Crippen molar-refractivity contribution >= 4 is 29.9 Å². The van der Waals surface area contributed by atoms with Gasteiger partial charge < -0.3 is 20.3 Å². The molecule has 2 fully saturated rings. The number of rotatable bonds is 2. The largest absolute Gasteiger partial charge is 0.481 e. The van der Waals surface area contributed by atoms with E-state index in [2.05, 4.69) is 10.6 Å². The molecule has 130 valence electrons. The zero-order valence-electron chi connectivity index (χ0n) is 13.6. The predicted octanol–water partition coefficient (Wildman–Crippen LogP) is 1.79. The van der Waals surface area contributed by atoms with Gasteiger partial charge in [0.2, 0.25) is 0 Å². The summed E-state index contributed by atoms with van der Waals surface area (Å²) in [4.78, 5) is 26.2. The van der Waals surface area contributed by atoms with Gasteiger partial charge in [-0.15, -0.1) is 12.4 Å². The molecular weight excluding hydrogens is 330 g/mol. The highest BCUT2D eigenvalue weighted by atomic mass is 35.5. The Kier molecular flexibility index (Phi) is 4.69. The van der Waals surface area contributed by atoms with Crippen molar-refractivity contribution < 1.29 is 14.3 Å². The Labute approximate surface area is 147 Å². The molecule has 1 aromatic carbocycles. The van der Waals surface area contributed by atoms with E-state index in [1.165, 1.54) is 12.8 Å². The lowest BCUT2D eigenvalue weighted by molar-refractivity contribution is -0.118. The number of nitrogens with zero attached hydrogens (tertiary/aromatic N) is 1. The maximum atomic E-state index is 12.9. The molecule has 4 rings (SSSR count). The molecule has 0 radical (unpaired) electrons. The van der Waals surface area contributed by atoms with Gasteiger partial charge in [-0.1, -0.05) is 6.07 Å². The molecule has 0 aliphatic carbocycles. The standard InChI is InChI=1S/C17H21N3O3.ClH/c1-20(12-7-10-5-6-11(8-12)18-10)17(22)13-3-2-4-14-16(13)23-9-15(21)19-14;/h2-4,10-12,18H,5-9H2,1H3,(H,19,21);1H. The van der Waals surface area contributed by atoms with Crippen molar-refractivity contribution in [3.05, 3.63) is 23.8 Å². The predicted molar refractivity (Wildman–Crippen MR) is 92.9 cm³/mol. The molecule has 3 aliphatic rings. The van der Waals surface area contributed by atoms with Gasteiger partial charge in [0.25, 0.3) is 11.8 Å². The number of anilines is 1. The van der Waals surface area contributed by atoms with Gasteiger partial charge in [-0.3, -0.25) is 9.59 Å². The summed E-state index contributed by atoms with van der Waals surface area (Å²) in [6.45, 7) is -0.0432. The van der Waals surface area contributed by atoms with Gasteiger partial charge >= 0.3 is 0 Å². The SMILES string of the molecule is CN(C(=O)c1cccc2c1OCC(=O)N2)C1CC2CCC(C1)N2.Cl. The number of nitrogens with one attached hydrogen (secondary N) is 2. The molecule has 2 unspecified atom stereocenters. The maximum absolute atomic E-state index is 12.9. The molecule has 24 heavy (non-hydrogen) atoms. The number of carbonyl (C=O) groups excluding carboxylic acids is 2. The number of halogens is 1. The molecule has 2 N–H and O–H groups in total. The van der Waals surface area contributed by atoms with Crippen LogP contribution in [0, 0.1) is 0 Å². The highest BCUT2D eigenvalue weighted by Crippen LogP contribution is 2.34. The summed E-state index contributed by atoms with van der Waals surface area (Å²) in [5.41, 5.74) is 1.10. The van der Waals surface area contributed by atoms with Crippen LogP contribution in [0.2, 0.25) is 0 Å². The average Bonchev–Trinajstić information content (AvgIpc) is 2.90. The zero-order chi connectivity index (χ0) is 16.0. The van der Waals surface area contributed by atoms with E-state index in [1.54, 1.807) is 18.2 Å². The molecule has 2 bridgehead atoms. The van der Waals surface area contributed by atoms with E-state index in [0.29, 0.717) is 29.1 Å². The number of hydrogen-bond donors (Lipinski definition) is 2. The third-order valence-electron chi connectivity index (χ3n) is 5.18. The number of piperidine rings is 1. The first-order valence-corrected chi connectivity index (χ1v) is 8.20. The molecule has 6 nitrogen and oxygen atoms in total.